The summed E-state index contributed by atoms with van der Waals surface area (Å²) in [4.78, 5) is 16.6. The van der Waals surface area contributed by atoms with Gasteiger partial charge in [0, 0.05) is 41.2 Å². The maximum absolute atomic E-state index is 15.1. The number of aromatic nitrogens is 5. The predicted molar refractivity (Wildman–Crippen MR) is 119 cm³/mol. The van der Waals surface area contributed by atoms with Gasteiger partial charge < -0.3 is 15.4 Å². The second-order valence-corrected chi connectivity index (χ2v) is 9.79. The molecule has 9 nitrogen and oxygen atoms in total. The first-order valence-electron chi connectivity index (χ1n) is 11.8. The standard InChI is InChI=1S/C23H28FN7O2/c1-23(8-9-23)27-22(32)33-17-7-6-13(19(17)24)16-12-18(29-28-16)26-21-20-14-4-2-3-5-15(14)30-31(20)11-10-25-21/h10-13,17,19H,2-9H2,1H3,(H,27,32)(H2,25,26,28,29)/t13-,17-,19+/m0/s1. The number of ether oxygens (including phenoxy) is 1. The van der Waals surface area contributed by atoms with E-state index in [1.165, 1.54) is 5.56 Å². The monoisotopic (exact) mass is 453 g/mol. The zero-order valence-electron chi connectivity index (χ0n) is 18.6. The molecule has 6 rings (SSSR count). The number of aryl methyl sites for hydroxylation is 2. The summed E-state index contributed by atoms with van der Waals surface area (Å²) in [6.07, 6.45) is 8.25. The Morgan fingerprint density at radius 2 is 2.15 bits per heavy atom. The summed E-state index contributed by atoms with van der Waals surface area (Å²) in [6, 6.07) is 1.82. The van der Waals surface area contributed by atoms with Gasteiger partial charge in [0.15, 0.2) is 11.6 Å². The van der Waals surface area contributed by atoms with Gasteiger partial charge in [0.2, 0.25) is 0 Å². The number of hydrogen-bond acceptors (Lipinski definition) is 6. The minimum Gasteiger partial charge on any atom is -0.443 e. The number of hydrogen-bond donors (Lipinski definition) is 3. The van der Waals surface area contributed by atoms with Crippen molar-refractivity contribution in [2.75, 3.05) is 5.32 Å². The molecule has 10 heteroatoms. The number of anilines is 2. The molecule has 3 N–H and O–H groups in total. The van der Waals surface area contributed by atoms with Crippen molar-refractivity contribution in [1.82, 2.24) is 30.1 Å². The molecule has 3 heterocycles. The molecular formula is C23H28FN7O2. The molecule has 0 spiro atoms. The summed E-state index contributed by atoms with van der Waals surface area (Å²) in [7, 11) is 0. The van der Waals surface area contributed by atoms with E-state index < -0.39 is 24.3 Å². The Labute approximate surface area is 190 Å². The van der Waals surface area contributed by atoms with Crippen LogP contribution < -0.4 is 10.6 Å². The molecule has 3 aliphatic rings. The van der Waals surface area contributed by atoms with Gasteiger partial charge in [0.05, 0.1) is 5.69 Å². The maximum atomic E-state index is 15.1. The van der Waals surface area contributed by atoms with Crippen LogP contribution in [-0.2, 0) is 17.6 Å². The van der Waals surface area contributed by atoms with Crippen molar-refractivity contribution >= 4 is 23.2 Å². The van der Waals surface area contributed by atoms with E-state index in [1.54, 1.807) is 6.20 Å². The molecular weight excluding hydrogens is 425 g/mol. The predicted octanol–water partition coefficient (Wildman–Crippen LogP) is 3.94. The molecule has 3 aromatic rings. The quantitative estimate of drug-likeness (QED) is 0.540. The van der Waals surface area contributed by atoms with Crippen molar-refractivity contribution in [3.05, 3.63) is 35.4 Å². The first-order chi connectivity index (χ1) is 16.0. The van der Waals surface area contributed by atoms with E-state index in [1.807, 2.05) is 23.7 Å². The van der Waals surface area contributed by atoms with Crippen LogP contribution in [0.2, 0.25) is 0 Å². The van der Waals surface area contributed by atoms with Gasteiger partial charge in [-0.2, -0.15) is 10.2 Å². The number of H-pyrrole nitrogens is 1. The van der Waals surface area contributed by atoms with Crippen LogP contribution in [0.4, 0.5) is 20.8 Å². The zero-order chi connectivity index (χ0) is 22.6. The number of carbonyl (C=O) groups is 1. The normalized spacial score (nSPS) is 25.6. The van der Waals surface area contributed by atoms with Gasteiger partial charge in [0.25, 0.3) is 0 Å². The highest BCUT2D eigenvalue weighted by Crippen LogP contribution is 2.39. The van der Waals surface area contributed by atoms with E-state index in [2.05, 4.69) is 25.8 Å². The van der Waals surface area contributed by atoms with Crippen molar-refractivity contribution in [1.29, 1.82) is 0 Å². The molecule has 3 aliphatic carbocycles. The van der Waals surface area contributed by atoms with E-state index in [9.17, 15) is 4.79 Å². The molecule has 174 valence electrons. The van der Waals surface area contributed by atoms with Gasteiger partial charge in [-0.1, -0.05) is 0 Å². The second-order valence-electron chi connectivity index (χ2n) is 9.79. The lowest BCUT2D eigenvalue weighted by molar-refractivity contribution is 0.0546. The van der Waals surface area contributed by atoms with Crippen molar-refractivity contribution in [3.8, 4) is 0 Å². The average molecular weight is 454 g/mol. The molecule has 0 aromatic carbocycles. The van der Waals surface area contributed by atoms with Crippen LogP contribution in [0.5, 0.6) is 0 Å². The fourth-order valence-corrected chi connectivity index (χ4v) is 5.07. The van der Waals surface area contributed by atoms with Gasteiger partial charge >= 0.3 is 6.09 Å². The van der Waals surface area contributed by atoms with Gasteiger partial charge in [-0.05, 0) is 58.3 Å². The average Bonchev–Trinajstić information content (AvgIpc) is 3.13. The fourth-order valence-electron chi connectivity index (χ4n) is 5.07. The first-order valence-corrected chi connectivity index (χ1v) is 11.8. The molecule has 33 heavy (non-hydrogen) atoms. The largest absolute Gasteiger partial charge is 0.443 e. The summed E-state index contributed by atoms with van der Waals surface area (Å²) >= 11 is 0. The number of alkyl halides is 1. The highest BCUT2D eigenvalue weighted by atomic mass is 19.1. The molecule has 0 bridgehead atoms. The van der Waals surface area contributed by atoms with Crippen molar-refractivity contribution in [3.63, 3.8) is 0 Å². The molecule has 2 fully saturated rings. The Balaban J connectivity index is 1.16. The summed E-state index contributed by atoms with van der Waals surface area (Å²) in [5.41, 5.74) is 3.86. The third-order valence-corrected chi connectivity index (χ3v) is 7.23. The summed E-state index contributed by atoms with van der Waals surface area (Å²) in [5.74, 6) is 0.877. The lowest BCUT2D eigenvalue weighted by atomic mass is 9.97. The van der Waals surface area contributed by atoms with E-state index in [-0.39, 0.29) is 5.54 Å². The molecule has 1 amide bonds. The highest BCUT2D eigenvalue weighted by molar-refractivity contribution is 5.76. The first kappa shape index (κ1) is 20.4. The number of nitrogens with one attached hydrogen (secondary N) is 3. The lowest BCUT2D eigenvalue weighted by Gasteiger charge is -2.19. The van der Waals surface area contributed by atoms with Crippen LogP contribution in [0.3, 0.4) is 0 Å². The molecule has 3 atom stereocenters. The third-order valence-electron chi connectivity index (χ3n) is 7.23. The number of rotatable bonds is 5. The number of nitrogens with zero attached hydrogens (tertiary/aromatic N) is 4. The molecule has 0 saturated heterocycles. The Hall–Kier alpha value is -3.17. The van der Waals surface area contributed by atoms with Crippen LogP contribution in [0.15, 0.2) is 18.5 Å². The maximum Gasteiger partial charge on any atom is 0.407 e. The van der Waals surface area contributed by atoms with Crippen LogP contribution in [0, 0.1) is 0 Å². The van der Waals surface area contributed by atoms with E-state index in [4.69, 9.17) is 9.84 Å². The van der Waals surface area contributed by atoms with E-state index >= 15 is 4.39 Å². The Morgan fingerprint density at radius 3 is 3.00 bits per heavy atom. The molecule has 0 unspecified atom stereocenters. The Bertz CT molecular complexity index is 1200. The van der Waals surface area contributed by atoms with Crippen molar-refractivity contribution < 1.29 is 13.9 Å². The fraction of sp³-hybridized carbons (Fsp3) is 0.565. The molecule has 2 saturated carbocycles. The lowest BCUT2D eigenvalue weighted by Crippen LogP contribution is -2.38. The summed E-state index contributed by atoms with van der Waals surface area (Å²) in [5, 5.41) is 18.1. The number of carbonyl (C=O) groups excluding carboxylic acids is 1. The highest BCUT2D eigenvalue weighted by Gasteiger charge is 2.43. The van der Waals surface area contributed by atoms with Crippen LogP contribution in [0.25, 0.3) is 5.52 Å². The minimum atomic E-state index is -1.28. The zero-order valence-corrected chi connectivity index (χ0v) is 18.6. The SMILES string of the molecule is CC1(NC(=O)O[C@H]2CC[C@@H](c3cc(Nc4nccn5nc6c(c45)CCCC6)n[nH]3)[C@H]2F)CC1. The number of halogens is 1. The number of aromatic amines is 1. The Morgan fingerprint density at radius 1 is 1.30 bits per heavy atom. The van der Waals surface area contributed by atoms with Crippen LogP contribution >= 0.6 is 0 Å². The molecule has 3 aromatic heterocycles. The molecule has 0 aliphatic heterocycles. The van der Waals surface area contributed by atoms with E-state index in [0.29, 0.717) is 30.2 Å². The molecule has 0 radical (unpaired) electrons. The van der Waals surface area contributed by atoms with Gasteiger partial charge in [-0.15, -0.1) is 0 Å². The smallest absolute Gasteiger partial charge is 0.407 e. The van der Waals surface area contributed by atoms with Gasteiger partial charge in [-0.25, -0.2) is 18.7 Å². The van der Waals surface area contributed by atoms with E-state index in [0.717, 1.165) is 49.7 Å². The Kier molecular flexibility index (Phi) is 4.77. The van der Waals surface area contributed by atoms with Crippen molar-refractivity contribution in [2.24, 2.45) is 0 Å². The second kappa shape index (κ2) is 7.71. The topological polar surface area (TPSA) is 109 Å². The van der Waals surface area contributed by atoms with Crippen LogP contribution in [-0.4, -0.2) is 48.7 Å². The van der Waals surface area contributed by atoms with Gasteiger partial charge in [0.1, 0.15) is 17.8 Å². The van der Waals surface area contributed by atoms with Crippen molar-refractivity contribution in [2.45, 2.75) is 82.0 Å². The van der Waals surface area contributed by atoms with Gasteiger partial charge in [-0.3, -0.25) is 5.10 Å². The van der Waals surface area contributed by atoms with Crippen LogP contribution in [0.1, 0.15) is 68.3 Å². The summed E-state index contributed by atoms with van der Waals surface area (Å²) in [6.45, 7) is 1.97. The summed E-state index contributed by atoms with van der Waals surface area (Å²) < 4.78 is 22.4. The minimum absolute atomic E-state index is 0.184. The number of fused-ring (bicyclic) bond motifs is 3. The number of alkyl carbamates (subject to hydrolysis) is 1. The number of amides is 1. The third kappa shape index (κ3) is 3.81.